The minimum atomic E-state index is -0.483. The van der Waals surface area contributed by atoms with Crippen molar-refractivity contribution in [1.29, 1.82) is 0 Å². The van der Waals surface area contributed by atoms with E-state index in [4.69, 9.17) is 4.99 Å². The van der Waals surface area contributed by atoms with E-state index in [2.05, 4.69) is 27.4 Å². The van der Waals surface area contributed by atoms with Crippen LogP contribution in [0.2, 0.25) is 0 Å². The zero-order valence-electron chi connectivity index (χ0n) is 15.2. The number of hydrogen-bond donors (Lipinski definition) is 2. The number of nitrogens with one attached hydrogen (secondary N) is 2. The molecule has 0 aromatic heterocycles. The van der Waals surface area contributed by atoms with E-state index in [0.717, 1.165) is 25.6 Å². The number of hydrogen-bond acceptors (Lipinski definition) is 3. The Labute approximate surface area is 140 Å². The molecule has 2 aliphatic rings. The maximum Gasteiger partial charge on any atom is 0.227 e. The summed E-state index contributed by atoms with van der Waals surface area (Å²) in [5.74, 6) is 0.986. The van der Waals surface area contributed by atoms with Gasteiger partial charge in [0.25, 0.3) is 0 Å². The highest BCUT2D eigenvalue weighted by Crippen LogP contribution is 2.21. The van der Waals surface area contributed by atoms with Crippen molar-refractivity contribution in [2.45, 2.75) is 46.1 Å². The number of rotatable bonds is 5. The first-order valence-electron chi connectivity index (χ1n) is 8.97. The molecule has 0 aromatic rings. The molecular formula is C17H33N5O. The maximum atomic E-state index is 11.9. The highest BCUT2D eigenvalue weighted by molar-refractivity contribution is 5.83. The molecule has 2 N–H and O–H groups in total. The van der Waals surface area contributed by atoms with Crippen LogP contribution in [0.25, 0.3) is 0 Å². The Morgan fingerprint density at radius 3 is 2.57 bits per heavy atom. The molecule has 132 valence electrons. The predicted molar refractivity (Wildman–Crippen MR) is 94.6 cm³/mol. The normalized spacial score (nSPS) is 23.4. The summed E-state index contributed by atoms with van der Waals surface area (Å²) in [7, 11) is 1.68. The second-order valence-electron chi connectivity index (χ2n) is 7.26. The van der Waals surface area contributed by atoms with Gasteiger partial charge in [-0.3, -0.25) is 14.7 Å². The van der Waals surface area contributed by atoms with Crippen LogP contribution in [0, 0.1) is 5.41 Å². The van der Waals surface area contributed by atoms with Crippen LogP contribution in [-0.4, -0.2) is 74.0 Å². The molecular weight excluding hydrogens is 290 g/mol. The largest absolute Gasteiger partial charge is 0.359 e. The smallest absolute Gasteiger partial charge is 0.227 e. The van der Waals surface area contributed by atoms with Gasteiger partial charge in [-0.15, -0.1) is 0 Å². The van der Waals surface area contributed by atoms with Gasteiger partial charge in [0.05, 0.1) is 12.0 Å². The van der Waals surface area contributed by atoms with Crippen molar-refractivity contribution >= 4 is 11.9 Å². The van der Waals surface area contributed by atoms with Crippen molar-refractivity contribution < 1.29 is 4.79 Å². The fourth-order valence-corrected chi connectivity index (χ4v) is 3.45. The van der Waals surface area contributed by atoms with Crippen LogP contribution in [0.3, 0.4) is 0 Å². The number of likely N-dealkylation sites (tertiary alicyclic amines) is 2. The number of guanidine groups is 1. The van der Waals surface area contributed by atoms with Crippen molar-refractivity contribution in [2.75, 3.05) is 46.3 Å². The number of carbonyl (C=O) groups excluding carboxylic acids is 1. The van der Waals surface area contributed by atoms with Crippen LogP contribution in [0.4, 0.5) is 0 Å². The summed E-state index contributed by atoms with van der Waals surface area (Å²) in [5, 5.41) is 6.12. The summed E-state index contributed by atoms with van der Waals surface area (Å²) in [4.78, 5) is 21.7. The van der Waals surface area contributed by atoms with E-state index in [1.54, 1.807) is 7.05 Å². The minimum absolute atomic E-state index is 0.0356. The van der Waals surface area contributed by atoms with E-state index in [-0.39, 0.29) is 5.91 Å². The van der Waals surface area contributed by atoms with Crippen LogP contribution in [0.5, 0.6) is 0 Å². The fraction of sp³-hybridized carbons (Fsp3) is 0.882. The molecule has 2 heterocycles. The zero-order chi connectivity index (χ0) is 16.9. The lowest BCUT2D eigenvalue weighted by Crippen LogP contribution is -2.44. The van der Waals surface area contributed by atoms with Gasteiger partial charge < -0.3 is 15.5 Å². The molecule has 1 amide bonds. The lowest BCUT2D eigenvalue weighted by Gasteiger charge is -2.26. The average molecular weight is 323 g/mol. The Bertz CT molecular complexity index is 429. The Morgan fingerprint density at radius 1 is 1.26 bits per heavy atom. The molecule has 0 radical (unpaired) electrons. The zero-order valence-corrected chi connectivity index (χ0v) is 15.2. The molecule has 1 unspecified atom stereocenters. The molecule has 0 aromatic carbocycles. The lowest BCUT2D eigenvalue weighted by molar-refractivity contribution is -0.128. The first-order valence-corrected chi connectivity index (χ1v) is 8.97. The van der Waals surface area contributed by atoms with E-state index in [1.165, 1.54) is 32.4 Å². The van der Waals surface area contributed by atoms with Gasteiger partial charge in [0.15, 0.2) is 5.96 Å². The molecule has 2 fully saturated rings. The summed E-state index contributed by atoms with van der Waals surface area (Å²) in [6.45, 7) is 11.9. The Morgan fingerprint density at radius 2 is 1.96 bits per heavy atom. The molecule has 23 heavy (non-hydrogen) atoms. The van der Waals surface area contributed by atoms with Crippen molar-refractivity contribution in [2.24, 2.45) is 10.4 Å². The van der Waals surface area contributed by atoms with Crippen LogP contribution in [0.1, 0.15) is 40.0 Å². The summed E-state index contributed by atoms with van der Waals surface area (Å²) in [6, 6.07) is 0.660. The second kappa shape index (κ2) is 7.99. The van der Waals surface area contributed by atoms with E-state index < -0.39 is 5.41 Å². The van der Waals surface area contributed by atoms with Gasteiger partial charge in [-0.25, -0.2) is 0 Å². The number of nitrogens with zero attached hydrogens (tertiary/aromatic N) is 3. The monoisotopic (exact) mass is 323 g/mol. The second-order valence-corrected chi connectivity index (χ2v) is 7.26. The number of amides is 1. The summed E-state index contributed by atoms with van der Waals surface area (Å²) >= 11 is 0. The van der Waals surface area contributed by atoms with Gasteiger partial charge in [0.2, 0.25) is 5.91 Å². The van der Waals surface area contributed by atoms with Crippen molar-refractivity contribution in [1.82, 2.24) is 20.4 Å². The summed E-state index contributed by atoms with van der Waals surface area (Å²) in [5.41, 5.74) is -0.483. The summed E-state index contributed by atoms with van der Waals surface area (Å²) in [6.07, 6.45) is 3.89. The molecule has 2 saturated heterocycles. The molecule has 0 saturated carbocycles. The van der Waals surface area contributed by atoms with E-state index in [0.29, 0.717) is 12.6 Å². The third kappa shape index (κ3) is 4.59. The van der Waals surface area contributed by atoms with Crippen LogP contribution < -0.4 is 10.6 Å². The quantitative estimate of drug-likeness (QED) is 0.583. The SMILES string of the molecule is CCNC(=NCC(C)(C)C(=O)NC)N1CCC(N2CCCC2)C1. The maximum absolute atomic E-state index is 11.9. The number of aliphatic imine (C=N–C) groups is 1. The highest BCUT2D eigenvalue weighted by Gasteiger charge is 2.31. The molecule has 0 spiro atoms. The molecule has 2 aliphatic heterocycles. The molecule has 6 heteroatoms. The summed E-state index contributed by atoms with van der Waals surface area (Å²) < 4.78 is 0. The third-order valence-electron chi connectivity index (χ3n) is 4.92. The Hall–Kier alpha value is -1.30. The number of carbonyl (C=O) groups is 1. The Kier molecular flexibility index (Phi) is 6.27. The predicted octanol–water partition coefficient (Wildman–Crippen LogP) is 0.894. The lowest BCUT2D eigenvalue weighted by atomic mass is 9.93. The van der Waals surface area contributed by atoms with Gasteiger partial charge >= 0.3 is 0 Å². The molecule has 1 atom stereocenters. The van der Waals surface area contributed by atoms with Gasteiger partial charge in [0.1, 0.15) is 0 Å². The topological polar surface area (TPSA) is 60.0 Å². The minimum Gasteiger partial charge on any atom is -0.359 e. The van der Waals surface area contributed by atoms with E-state index in [9.17, 15) is 4.79 Å². The first kappa shape index (κ1) is 18.0. The van der Waals surface area contributed by atoms with Gasteiger partial charge in [-0.05, 0) is 53.1 Å². The highest BCUT2D eigenvalue weighted by atomic mass is 16.2. The average Bonchev–Trinajstić information content (AvgIpc) is 3.20. The van der Waals surface area contributed by atoms with Crippen molar-refractivity contribution in [3.8, 4) is 0 Å². The van der Waals surface area contributed by atoms with E-state index in [1.807, 2.05) is 13.8 Å². The molecule has 0 bridgehead atoms. The van der Waals surface area contributed by atoms with Crippen molar-refractivity contribution in [3.05, 3.63) is 0 Å². The first-order chi connectivity index (χ1) is 11.0. The van der Waals surface area contributed by atoms with Gasteiger partial charge in [-0.1, -0.05) is 0 Å². The van der Waals surface area contributed by atoms with Crippen LogP contribution in [-0.2, 0) is 4.79 Å². The standard InChI is InChI=1S/C17H33N5O/c1-5-19-16(20-13-17(2,3)15(23)18-4)22-11-8-14(12-22)21-9-6-7-10-21/h14H,5-13H2,1-4H3,(H,18,23)(H,19,20). The van der Waals surface area contributed by atoms with Crippen LogP contribution >= 0.6 is 0 Å². The van der Waals surface area contributed by atoms with Gasteiger partial charge in [0, 0.05) is 32.7 Å². The third-order valence-corrected chi connectivity index (χ3v) is 4.92. The Balaban J connectivity index is 1.97. The van der Waals surface area contributed by atoms with Gasteiger partial charge in [-0.2, -0.15) is 0 Å². The molecule has 2 rings (SSSR count). The fourth-order valence-electron chi connectivity index (χ4n) is 3.45. The molecule has 0 aliphatic carbocycles. The molecule has 6 nitrogen and oxygen atoms in total. The van der Waals surface area contributed by atoms with Crippen LogP contribution in [0.15, 0.2) is 4.99 Å². The van der Waals surface area contributed by atoms with E-state index >= 15 is 0 Å². The van der Waals surface area contributed by atoms with Crippen molar-refractivity contribution in [3.63, 3.8) is 0 Å².